The van der Waals surface area contributed by atoms with Crippen LogP contribution in [0.2, 0.25) is 0 Å². The van der Waals surface area contributed by atoms with Crippen LogP contribution in [0.15, 0.2) is 24.3 Å². The van der Waals surface area contributed by atoms with E-state index in [-0.39, 0.29) is 13.0 Å². The fourth-order valence-corrected chi connectivity index (χ4v) is 2.48. The molecule has 1 fully saturated rings. The van der Waals surface area contributed by atoms with E-state index in [1.54, 1.807) is 25.1 Å². The molecule has 1 N–H and O–H groups in total. The maximum Gasteiger partial charge on any atom is 0.426 e. The molecule has 0 saturated carbocycles. The van der Waals surface area contributed by atoms with E-state index in [0.29, 0.717) is 11.4 Å². The standard InChI is InChI=1S/C16H19N3O6/c1-4-25-16(23)17-19(10(2)20)13-9-14(21)18(15(13)22)11-6-5-7-12(8-11)24-3/h5-8,13H,4,9H2,1-3H3,(H,17,23)/t13-/m1/s1. The van der Waals surface area contributed by atoms with Crippen LogP contribution < -0.4 is 15.1 Å². The zero-order valence-electron chi connectivity index (χ0n) is 14.1. The number of methoxy groups -OCH3 is 1. The van der Waals surface area contributed by atoms with Crippen LogP contribution in [0.3, 0.4) is 0 Å². The van der Waals surface area contributed by atoms with Crippen LogP contribution in [-0.2, 0) is 19.1 Å². The number of benzene rings is 1. The molecule has 0 aromatic heterocycles. The van der Waals surface area contributed by atoms with Crippen molar-refractivity contribution in [1.82, 2.24) is 10.4 Å². The van der Waals surface area contributed by atoms with Gasteiger partial charge in [-0.15, -0.1) is 0 Å². The Balaban J connectivity index is 2.26. The van der Waals surface area contributed by atoms with E-state index < -0.39 is 29.9 Å². The molecule has 1 aliphatic rings. The summed E-state index contributed by atoms with van der Waals surface area (Å²) >= 11 is 0. The first-order chi connectivity index (χ1) is 11.9. The van der Waals surface area contributed by atoms with Gasteiger partial charge < -0.3 is 9.47 Å². The second-order valence-electron chi connectivity index (χ2n) is 5.21. The number of rotatable bonds is 4. The molecule has 1 atom stereocenters. The lowest BCUT2D eigenvalue weighted by Gasteiger charge is -2.26. The highest BCUT2D eigenvalue weighted by molar-refractivity contribution is 6.23. The van der Waals surface area contributed by atoms with E-state index in [2.05, 4.69) is 5.43 Å². The Morgan fingerprint density at radius 1 is 1.36 bits per heavy atom. The molecule has 25 heavy (non-hydrogen) atoms. The predicted octanol–water partition coefficient (Wildman–Crippen LogP) is 0.837. The molecule has 134 valence electrons. The molecular formula is C16H19N3O6. The van der Waals surface area contributed by atoms with Crippen molar-refractivity contribution in [2.75, 3.05) is 18.6 Å². The zero-order valence-corrected chi connectivity index (χ0v) is 14.1. The molecule has 0 aliphatic carbocycles. The molecule has 0 unspecified atom stereocenters. The fraction of sp³-hybridized carbons (Fsp3) is 0.375. The molecule has 1 aromatic carbocycles. The van der Waals surface area contributed by atoms with Crippen LogP contribution in [0.4, 0.5) is 10.5 Å². The Kier molecular flexibility index (Phi) is 5.58. The molecule has 4 amide bonds. The lowest BCUT2D eigenvalue weighted by atomic mass is 10.2. The van der Waals surface area contributed by atoms with E-state index in [1.807, 2.05) is 0 Å². The fourth-order valence-electron chi connectivity index (χ4n) is 2.48. The van der Waals surface area contributed by atoms with Gasteiger partial charge in [-0.05, 0) is 19.1 Å². The van der Waals surface area contributed by atoms with Crippen LogP contribution in [0, 0.1) is 0 Å². The quantitative estimate of drug-likeness (QED) is 0.638. The number of carbonyl (C=O) groups excluding carboxylic acids is 4. The summed E-state index contributed by atoms with van der Waals surface area (Å²) in [5.74, 6) is -1.22. The SMILES string of the molecule is CCOC(=O)NN(C(C)=O)[C@@H]1CC(=O)N(c2cccc(OC)c2)C1=O. The molecular weight excluding hydrogens is 330 g/mol. The number of hydrazine groups is 1. The first-order valence-electron chi connectivity index (χ1n) is 7.63. The van der Waals surface area contributed by atoms with Gasteiger partial charge in [0.2, 0.25) is 11.8 Å². The van der Waals surface area contributed by atoms with Crippen molar-refractivity contribution >= 4 is 29.5 Å². The van der Waals surface area contributed by atoms with Crippen molar-refractivity contribution in [3.05, 3.63) is 24.3 Å². The van der Waals surface area contributed by atoms with Crippen molar-refractivity contribution in [2.45, 2.75) is 26.3 Å². The van der Waals surface area contributed by atoms with E-state index >= 15 is 0 Å². The summed E-state index contributed by atoms with van der Waals surface area (Å²) in [5.41, 5.74) is 2.53. The van der Waals surface area contributed by atoms with Gasteiger partial charge in [0.1, 0.15) is 11.8 Å². The number of ether oxygens (including phenoxy) is 2. The number of anilines is 1. The minimum atomic E-state index is -1.14. The molecule has 2 rings (SSSR count). The highest BCUT2D eigenvalue weighted by Crippen LogP contribution is 2.28. The Hall–Kier alpha value is -3.10. The van der Waals surface area contributed by atoms with E-state index in [9.17, 15) is 19.2 Å². The molecule has 0 radical (unpaired) electrons. The Morgan fingerprint density at radius 3 is 2.68 bits per heavy atom. The van der Waals surface area contributed by atoms with Crippen LogP contribution in [0.25, 0.3) is 0 Å². The highest BCUT2D eigenvalue weighted by atomic mass is 16.6. The Bertz CT molecular complexity index is 705. The van der Waals surface area contributed by atoms with Crippen LogP contribution in [-0.4, -0.2) is 48.6 Å². The van der Waals surface area contributed by atoms with Crippen molar-refractivity contribution in [3.8, 4) is 5.75 Å². The summed E-state index contributed by atoms with van der Waals surface area (Å²) in [6, 6.07) is 5.30. The zero-order chi connectivity index (χ0) is 18.6. The summed E-state index contributed by atoms with van der Waals surface area (Å²) < 4.78 is 9.81. The summed E-state index contributed by atoms with van der Waals surface area (Å²) in [4.78, 5) is 49.4. The largest absolute Gasteiger partial charge is 0.497 e. The van der Waals surface area contributed by atoms with Crippen molar-refractivity contribution in [1.29, 1.82) is 0 Å². The normalized spacial score (nSPS) is 16.6. The summed E-state index contributed by atoms with van der Waals surface area (Å²) in [6.07, 6.45) is -1.13. The molecule has 0 bridgehead atoms. The van der Waals surface area contributed by atoms with Gasteiger partial charge in [-0.3, -0.25) is 14.4 Å². The highest BCUT2D eigenvalue weighted by Gasteiger charge is 2.44. The number of imide groups is 1. The third kappa shape index (κ3) is 3.87. The molecule has 0 spiro atoms. The molecule has 1 aromatic rings. The number of hydrogen-bond acceptors (Lipinski definition) is 6. The third-order valence-corrected chi connectivity index (χ3v) is 3.57. The van der Waals surface area contributed by atoms with Crippen LogP contribution >= 0.6 is 0 Å². The number of nitrogens with zero attached hydrogens (tertiary/aromatic N) is 2. The van der Waals surface area contributed by atoms with Crippen LogP contribution in [0.1, 0.15) is 20.3 Å². The summed E-state index contributed by atoms with van der Waals surface area (Å²) in [5, 5.41) is 0.818. The van der Waals surface area contributed by atoms with Gasteiger partial charge in [-0.2, -0.15) is 0 Å². The van der Waals surface area contributed by atoms with E-state index in [4.69, 9.17) is 9.47 Å². The van der Waals surface area contributed by atoms with Crippen molar-refractivity contribution in [3.63, 3.8) is 0 Å². The minimum absolute atomic E-state index is 0.102. The van der Waals surface area contributed by atoms with E-state index in [0.717, 1.165) is 9.91 Å². The monoisotopic (exact) mass is 349 g/mol. The van der Waals surface area contributed by atoms with Crippen LogP contribution in [0.5, 0.6) is 5.75 Å². The predicted molar refractivity (Wildman–Crippen MR) is 86.6 cm³/mol. The molecule has 9 nitrogen and oxygen atoms in total. The van der Waals surface area contributed by atoms with Gasteiger partial charge in [0.25, 0.3) is 5.91 Å². The average molecular weight is 349 g/mol. The first kappa shape index (κ1) is 18.2. The number of amides is 4. The average Bonchev–Trinajstić information content (AvgIpc) is 2.87. The minimum Gasteiger partial charge on any atom is -0.497 e. The van der Waals surface area contributed by atoms with Gasteiger partial charge >= 0.3 is 6.09 Å². The smallest absolute Gasteiger partial charge is 0.426 e. The topological polar surface area (TPSA) is 105 Å². The van der Waals surface area contributed by atoms with Gasteiger partial charge in [-0.25, -0.2) is 20.1 Å². The number of hydrogen-bond donors (Lipinski definition) is 1. The maximum atomic E-state index is 12.7. The van der Waals surface area contributed by atoms with Gasteiger partial charge in [-0.1, -0.05) is 6.07 Å². The molecule has 1 saturated heterocycles. The van der Waals surface area contributed by atoms with Gasteiger partial charge in [0, 0.05) is 13.0 Å². The van der Waals surface area contributed by atoms with Crippen molar-refractivity contribution in [2.24, 2.45) is 0 Å². The second-order valence-corrected chi connectivity index (χ2v) is 5.21. The third-order valence-electron chi connectivity index (χ3n) is 3.57. The first-order valence-corrected chi connectivity index (χ1v) is 7.63. The maximum absolute atomic E-state index is 12.7. The Morgan fingerprint density at radius 2 is 2.08 bits per heavy atom. The van der Waals surface area contributed by atoms with Crippen molar-refractivity contribution < 1.29 is 28.7 Å². The van der Waals surface area contributed by atoms with E-state index in [1.165, 1.54) is 20.1 Å². The molecule has 1 aliphatic heterocycles. The lowest BCUT2D eigenvalue weighted by Crippen LogP contribution is -2.54. The molecule has 9 heteroatoms. The number of carbonyl (C=O) groups is 4. The van der Waals surface area contributed by atoms with Gasteiger partial charge in [0.05, 0.1) is 25.8 Å². The number of nitrogens with one attached hydrogen (secondary N) is 1. The van der Waals surface area contributed by atoms with Gasteiger partial charge in [0.15, 0.2) is 0 Å². The second kappa shape index (κ2) is 7.65. The molecule has 1 heterocycles. The summed E-state index contributed by atoms with van der Waals surface area (Å²) in [6.45, 7) is 2.88. The Labute approximate surface area is 144 Å². The lowest BCUT2D eigenvalue weighted by molar-refractivity contribution is -0.139. The summed E-state index contributed by atoms with van der Waals surface area (Å²) in [7, 11) is 1.47.